The maximum atomic E-state index is 11.7. The number of phenols is 1. The third kappa shape index (κ3) is 15.8. The van der Waals surface area contributed by atoms with Crippen molar-refractivity contribution in [1.82, 2.24) is 0 Å². The molecule has 30 heavy (non-hydrogen) atoms. The Labute approximate surface area is 184 Å². The minimum atomic E-state index is -0.309. The van der Waals surface area contributed by atoms with Crippen molar-refractivity contribution in [1.29, 1.82) is 0 Å². The predicted octanol–water partition coefficient (Wildman–Crippen LogP) is 7.99. The summed E-state index contributed by atoms with van der Waals surface area (Å²) in [7, 11) is 0. The highest BCUT2D eigenvalue weighted by molar-refractivity contribution is 5.87. The van der Waals surface area contributed by atoms with Crippen LogP contribution in [0.25, 0.3) is 6.08 Å². The van der Waals surface area contributed by atoms with Gasteiger partial charge in [0.2, 0.25) is 0 Å². The number of rotatable bonds is 18. The topological polar surface area (TPSA) is 46.5 Å². The third-order valence-electron chi connectivity index (χ3n) is 5.21. The van der Waals surface area contributed by atoms with Crippen LogP contribution in [0.15, 0.2) is 42.5 Å². The highest BCUT2D eigenvalue weighted by atomic mass is 16.5. The zero-order valence-electron chi connectivity index (χ0n) is 19.0. The molecular formula is C27H42O3. The molecule has 0 spiro atoms. The molecule has 0 aromatic heterocycles. The fourth-order valence-electron chi connectivity index (χ4n) is 3.32. The van der Waals surface area contributed by atoms with E-state index in [1.165, 1.54) is 83.1 Å². The zero-order valence-corrected chi connectivity index (χ0v) is 19.0. The molecule has 0 radical (unpaired) electrons. The zero-order chi connectivity index (χ0) is 21.7. The van der Waals surface area contributed by atoms with Gasteiger partial charge in [0, 0.05) is 6.08 Å². The molecule has 0 bridgehead atoms. The van der Waals surface area contributed by atoms with Crippen LogP contribution in [0.4, 0.5) is 0 Å². The van der Waals surface area contributed by atoms with Crippen molar-refractivity contribution in [3.63, 3.8) is 0 Å². The quantitative estimate of drug-likeness (QED) is 0.115. The molecule has 0 saturated heterocycles. The fourth-order valence-corrected chi connectivity index (χ4v) is 3.32. The molecule has 0 fully saturated rings. The monoisotopic (exact) mass is 414 g/mol. The summed E-state index contributed by atoms with van der Waals surface area (Å²) in [5.74, 6) is -0.0921. The fraction of sp³-hybridized carbons (Fsp3) is 0.593. The second-order valence-corrected chi connectivity index (χ2v) is 8.03. The summed E-state index contributed by atoms with van der Waals surface area (Å²) < 4.78 is 5.22. The van der Waals surface area contributed by atoms with Gasteiger partial charge in [-0.2, -0.15) is 0 Å². The normalized spacial score (nSPS) is 11.5. The highest BCUT2D eigenvalue weighted by Gasteiger charge is 1.98. The van der Waals surface area contributed by atoms with Gasteiger partial charge in [0.05, 0.1) is 6.61 Å². The summed E-state index contributed by atoms with van der Waals surface area (Å²) in [6.45, 7) is 2.75. The van der Waals surface area contributed by atoms with E-state index in [1.54, 1.807) is 30.3 Å². The van der Waals surface area contributed by atoms with E-state index in [-0.39, 0.29) is 11.7 Å². The van der Waals surface area contributed by atoms with Crippen LogP contribution in [0.2, 0.25) is 0 Å². The Morgan fingerprint density at radius 2 is 1.33 bits per heavy atom. The maximum absolute atomic E-state index is 11.7. The number of phenolic OH excluding ortho intramolecular Hbond substituents is 1. The number of ether oxygens (including phenoxy) is 1. The van der Waals surface area contributed by atoms with Crippen LogP contribution in [-0.4, -0.2) is 17.7 Å². The number of esters is 1. The Morgan fingerprint density at radius 3 is 1.93 bits per heavy atom. The van der Waals surface area contributed by atoms with E-state index in [2.05, 4.69) is 19.1 Å². The first-order valence-electron chi connectivity index (χ1n) is 12.0. The van der Waals surface area contributed by atoms with Gasteiger partial charge in [0.25, 0.3) is 0 Å². The van der Waals surface area contributed by atoms with Gasteiger partial charge in [-0.15, -0.1) is 0 Å². The Morgan fingerprint density at radius 1 is 0.800 bits per heavy atom. The van der Waals surface area contributed by atoms with Crippen molar-refractivity contribution in [2.45, 2.75) is 96.8 Å². The number of hydrogen-bond donors (Lipinski definition) is 1. The molecule has 0 aliphatic rings. The van der Waals surface area contributed by atoms with E-state index in [1.807, 2.05) is 0 Å². The molecule has 1 aromatic carbocycles. The van der Waals surface area contributed by atoms with Crippen LogP contribution in [0, 0.1) is 0 Å². The molecule has 1 aromatic rings. The van der Waals surface area contributed by atoms with Crippen LogP contribution in [0.3, 0.4) is 0 Å². The summed E-state index contributed by atoms with van der Waals surface area (Å²) in [6.07, 6.45) is 25.6. The van der Waals surface area contributed by atoms with E-state index < -0.39 is 0 Å². The minimum absolute atomic E-state index is 0.217. The van der Waals surface area contributed by atoms with E-state index in [0.29, 0.717) is 6.61 Å². The molecule has 0 aliphatic carbocycles. The van der Waals surface area contributed by atoms with Crippen LogP contribution < -0.4 is 0 Å². The van der Waals surface area contributed by atoms with Crippen molar-refractivity contribution in [3.05, 3.63) is 48.1 Å². The lowest BCUT2D eigenvalue weighted by Gasteiger charge is -2.03. The Hall–Kier alpha value is -2.03. The van der Waals surface area contributed by atoms with Crippen LogP contribution in [0.1, 0.15) is 102 Å². The average Bonchev–Trinajstić information content (AvgIpc) is 2.75. The standard InChI is InChI=1S/C27H42O3/c1-2-3-4-5-6-7-8-9-10-11-12-13-14-15-16-17-24-30-27(29)23-20-25-18-21-26(28)22-19-25/h9-10,18-23,28H,2-8,11-17,24H2,1H3. The number of allylic oxidation sites excluding steroid dienone is 2. The first-order chi connectivity index (χ1) is 14.7. The van der Waals surface area contributed by atoms with Crippen LogP contribution >= 0.6 is 0 Å². The summed E-state index contributed by atoms with van der Waals surface area (Å²) in [5.41, 5.74) is 0.863. The van der Waals surface area contributed by atoms with E-state index in [9.17, 15) is 9.90 Å². The molecule has 0 heterocycles. The van der Waals surface area contributed by atoms with Gasteiger partial charge < -0.3 is 9.84 Å². The lowest BCUT2D eigenvalue weighted by Crippen LogP contribution is -2.02. The molecule has 0 atom stereocenters. The molecule has 0 unspecified atom stereocenters. The van der Waals surface area contributed by atoms with Crippen molar-refractivity contribution in [2.75, 3.05) is 6.61 Å². The molecule has 0 amide bonds. The number of unbranched alkanes of at least 4 members (excludes halogenated alkanes) is 12. The van der Waals surface area contributed by atoms with E-state index in [4.69, 9.17) is 4.74 Å². The van der Waals surface area contributed by atoms with Gasteiger partial charge in [0.1, 0.15) is 5.75 Å². The summed E-state index contributed by atoms with van der Waals surface area (Å²) in [5, 5.41) is 9.23. The molecule has 0 saturated carbocycles. The smallest absolute Gasteiger partial charge is 0.330 e. The Kier molecular flexibility index (Phi) is 16.4. The van der Waals surface area contributed by atoms with Gasteiger partial charge in [-0.05, 0) is 55.9 Å². The van der Waals surface area contributed by atoms with E-state index in [0.717, 1.165) is 18.4 Å². The van der Waals surface area contributed by atoms with Gasteiger partial charge >= 0.3 is 5.97 Å². The number of hydrogen-bond acceptors (Lipinski definition) is 3. The maximum Gasteiger partial charge on any atom is 0.330 e. The predicted molar refractivity (Wildman–Crippen MR) is 128 cm³/mol. The first-order valence-corrected chi connectivity index (χ1v) is 12.0. The summed E-state index contributed by atoms with van der Waals surface area (Å²) >= 11 is 0. The molecule has 1 N–H and O–H groups in total. The van der Waals surface area contributed by atoms with Crippen molar-refractivity contribution < 1.29 is 14.6 Å². The third-order valence-corrected chi connectivity index (χ3v) is 5.21. The average molecular weight is 415 g/mol. The highest BCUT2D eigenvalue weighted by Crippen LogP contribution is 2.12. The molecule has 168 valence electrons. The number of carbonyl (C=O) groups is 1. The van der Waals surface area contributed by atoms with Gasteiger partial charge in [-0.25, -0.2) is 4.79 Å². The number of benzene rings is 1. The Balaban J connectivity index is 1.85. The second-order valence-electron chi connectivity index (χ2n) is 8.03. The van der Waals surface area contributed by atoms with Crippen molar-refractivity contribution in [2.24, 2.45) is 0 Å². The van der Waals surface area contributed by atoms with Gasteiger partial charge in [0.15, 0.2) is 0 Å². The lowest BCUT2D eigenvalue weighted by atomic mass is 10.1. The van der Waals surface area contributed by atoms with E-state index >= 15 is 0 Å². The van der Waals surface area contributed by atoms with Gasteiger partial charge in [-0.3, -0.25) is 0 Å². The molecule has 3 heteroatoms. The number of aromatic hydroxyl groups is 1. The molecule has 3 nitrogen and oxygen atoms in total. The molecule has 1 rings (SSSR count). The minimum Gasteiger partial charge on any atom is -0.508 e. The summed E-state index contributed by atoms with van der Waals surface area (Å²) in [4.78, 5) is 11.7. The van der Waals surface area contributed by atoms with Crippen molar-refractivity contribution >= 4 is 12.0 Å². The van der Waals surface area contributed by atoms with Gasteiger partial charge in [-0.1, -0.05) is 89.0 Å². The molecule has 0 aliphatic heterocycles. The van der Waals surface area contributed by atoms with Crippen LogP contribution in [-0.2, 0) is 9.53 Å². The lowest BCUT2D eigenvalue weighted by molar-refractivity contribution is -0.137. The molecular weight excluding hydrogens is 372 g/mol. The first kappa shape index (κ1) is 26.0. The Bertz CT molecular complexity index is 587. The largest absolute Gasteiger partial charge is 0.508 e. The second kappa shape index (κ2) is 19.0. The summed E-state index contributed by atoms with van der Waals surface area (Å²) in [6, 6.07) is 6.70. The SMILES string of the molecule is CCCCCCCCC=CCCCCCCCCOC(=O)C=Cc1ccc(O)cc1. The van der Waals surface area contributed by atoms with Crippen molar-refractivity contribution in [3.8, 4) is 5.75 Å². The number of carbonyl (C=O) groups excluding carboxylic acids is 1. The van der Waals surface area contributed by atoms with Crippen LogP contribution in [0.5, 0.6) is 5.75 Å².